The van der Waals surface area contributed by atoms with E-state index in [1.807, 2.05) is 18.2 Å². The van der Waals surface area contributed by atoms with Crippen molar-refractivity contribution in [3.8, 4) is 0 Å². The first-order valence-corrected chi connectivity index (χ1v) is 10.9. The number of carboxylic acids is 2. The molecule has 0 bridgehead atoms. The number of carbonyl (C=O) groups excluding carboxylic acids is 1. The zero-order valence-corrected chi connectivity index (χ0v) is 17.8. The van der Waals surface area contributed by atoms with E-state index in [0.717, 1.165) is 63.4 Å². The van der Waals surface area contributed by atoms with Crippen LogP contribution in [0.3, 0.4) is 0 Å². The SMILES string of the molecule is O=C(O)C(=O)O.O=C(OCCN1CCOCC1)C1(Sc2ccccc2)CCCCC1. The van der Waals surface area contributed by atoms with E-state index in [-0.39, 0.29) is 5.97 Å². The molecule has 30 heavy (non-hydrogen) atoms. The fraction of sp³-hybridized carbons (Fsp3) is 0.571. The van der Waals surface area contributed by atoms with Crippen LogP contribution < -0.4 is 0 Å². The first kappa shape index (κ1) is 24.2. The molecular formula is C21H29NO7S. The van der Waals surface area contributed by atoms with Gasteiger partial charge in [0.2, 0.25) is 0 Å². The minimum Gasteiger partial charge on any atom is -0.473 e. The number of carboxylic acid groups (broad SMARTS) is 2. The van der Waals surface area contributed by atoms with Crippen LogP contribution in [0.1, 0.15) is 32.1 Å². The summed E-state index contributed by atoms with van der Waals surface area (Å²) < 4.78 is 10.7. The van der Waals surface area contributed by atoms with Gasteiger partial charge < -0.3 is 19.7 Å². The van der Waals surface area contributed by atoms with Crippen LogP contribution in [-0.2, 0) is 23.9 Å². The number of carbonyl (C=O) groups is 3. The average Bonchev–Trinajstić information content (AvgIpc) is 2.76. The fourth-order valence-corrected chi connectivity index (χ4v) is 4.79. The minimum atomic E-state index is -1.82. The Bertz CT molecular complexity index is 674. The first-order chi connectivity index (χ1) is 14.4. The minimum absolute atomic E-state index is 0.0238. The lowest BCUT2D eigenvalue weighted by molar-refractivity contribution is -0.159. The van der Waals surface area contributed by atoms with Crippen LogP contribution in [-0.4, -0.2) is 77.2 Å². The summed E-state index contributed by atoms with van der Waals surface area (Å²) in [6.45, 7) is 4.71. The molecule has 0 spiro atoms. The molecule has 0 atom stereocenters. The van der Waals surface area contributed by atoms with Gasteiger partial charge in [-0.25, -0.2) is 9.59 Å². The van der Waals surface area contributed by atoms with Gasteiger partial charge in [0, 0.05) is 24.5 Å². The largest absolute Gasteiger partial charge is 0.473 e. The summed E-state index contributed by atoms with van der Waals surface area (Å²) in [6, 6.07) is 10.2. The van der Waals surface area contributed by atoms with Crippen molar-refractivity contribution >= 4 is 29.7 Å². The summed E-state index contributed by atoms with van der Waals surface area (Å²) in [6.07, 6.45) is 5.28. The van der Waals surface area contributed by atoms with Crippen molar-refractivity contribution in [3.63, 3.8) is 0 Å². The van der Waals surface area contributed by atoms with Crippen molar-refractivity contribution in [1.29, 1.82) is 0 Å². The van der Waals surface area contributed by atoms with Gasteiger partial charge in [0.25, 0.3) is 0 Å². The number of hydrogen-bond donors (Lipinski definition) is 2. The molecule has 1 aliphatic carbocycles. The lowest BCUT2D eigenvalue weighted by atomic mass is 9.88. The molecule has 8 nitrogen and oxygen atoms in total. The molecule has 0 aromatic heterocycles. The van der Waals surface area contributed by atoms with Crippen LogP contribution in [0.2, 0.25) is 0 Å². The molecule has 1 aromatic rings. The summed E-state index contributed by atoms with van der Waals surface area (Å²) in [4.78, 5) is 34.5. The summed E-state index contributed by atoms with van der Waals surface area (Å²) in [5.41, 5.74) is 0. The lowest BCUT2D eigenvalue weighted by Crippen LogP contribution is -2.42. The Balaban J connectivity index is 0.000000469. The van der Waals surface area contributed by atoms with Crippen LogP contribution >= 0.6 is 11.8 Å². The van der Waals surface area contributed by atoms with Crippen molar-refractivity contribution in [2.45, 2.75) is 41.7 Å². The quantitative estimate of drug-likeness (QED) is 0.510. The number of morpholine rings is 1. The third-order valence-corrected chi connectivity index (χ3v) is 6.49. The van der Waals surface area contributed by atoms with E-state index < -0.39 is 16.7 Å². The standard InChI is InChI=1S/C19H27NO3S.C2H2O4/c21-18(23-16-13-20-11-14-22-15-12-20)19(9-5-2-6-10-19)24-17-7-3-1-4-8-17;3-1(4)2(5)6/h1,3-4,7-8H,2,5-6,9-16H2;(H,3,4)(H,5,6). The van der Waals surface area contributed by atoms with Crippen LogP contribution in [0.15, 0.2) is 35.2 Å². The molecule has 1 heterocycles. The van der Waals surface area contributed by atoms with E-state index >= 15 is 0 Å². The number of esters is 1. The van der Waals surface area contributed by atoms with Gasteiger partial charge in [-0.1, -0.05) is 37.5 Å². The molecular weight excluding hydrogens is 410 g/mol. The van der Waals surface area contributed by atoms with E-state index in [1.54, 1.807) is 11.8 Å². The number of aliphatic carboxylic acids is 2. The predicted octanol–water partition coefficient (Wildman–Crippen LogP) is 2.51. The van der Waals surface area contributed by atoms with Gasteiger partial charge in [-0.3, -0.25) is 9.69 Å². The van der Waals surface area contributed by atoms with Crippen molar-refractivity contribution in [2.24, 2.45) is 0 Å². The number of benzene rings is 1. The summed E-state index contributed by atoms with van der Waals surface area (Å²) in [5, 5.41) is 14.8. The highest BCUT2D eigenvalue weighted by molar-refractivity contribution is 8.01. The van der Waals surface area contributed by atoms with Gasteiger partial charge in [-0.05, 0) is 25.0 Å². The molecule has 0 radical (unpaired) electrons. The number of rotatable bonds is 6. The Morgan fingerprint density at radius 1 is 1.00 bits per heavy atom. The molecule has 1 saturated heterocycles. The third kappa shape index (κ3) is 7.97. The number of nitrogens with zero attached hydrogens (tertiary/aromatic N) is 1. The van der Waals surface area contributed by atoms with Crippen molar-refractivity contribution < 1.29 is 34.1 Å². The van der Waals surface area contributed by atoms with Gasteiger partial charge in [-0.15, -0.1) is 11.8 Å². The zero-order valence-electron chi connectivity index (χ0n) is 17.0. The van der Waals surface area contributed by atoms with Gasteiger partial charge in [-0.2, -0.15) is 0 Å². The van der Waals surface area contributed by atoms with E-state index in [1.165, 1.54) is 6.42 Å². The van der Waals surface area contributed by atoms with Crippen molar-refractivity contribution in [2.75, 3.05) is 39.5 Å². The Hall–Kier alpha value is -2.10. The molecule has 2 aliphatic rings. The highest BCUT2D eigenvalue weighted by Crippen LogP contribution is 2.44. The second-order valence-corrected chi connectivity index (χ2v) is 8.63. The second-order valence-electron chi connectivity index (χ2n) is 7.17. The van der Waals surface area contributed by atoms with Gasteiger partial charge in [0.05, 0.1) is 13.2 Å². The van der Waals surface area contributed by atoms with E-state index in [2.05, 4.69) is 17.0 Å². The molecule has 1 aromatic carbocycles. The van der Waals surface area contributed by atoms with E-state index in [0.29, 0.717) is 6.61 Å². The number of ether oxygens (including phenoxy) is 2. The summed E-state index contributed by atoms with van der Waals surface area (Å²) in [7, 11) is 0. The monoisotopic (exact) mass is 439 g/mol. The Kier molecular flexibility index (Phi) is 10.1. The summed E-state index contributed by atoms with van der Waals surface area (Å²) in [5.74, 6) is -3.67. The average molecular weight is 440 g/mol. The zero-order chi connectivity index (χ0) is 21.8. The topological polar surface area (TPSA) is 113 Å². The molecule has 9 heteroatoms. The first-order valence-electron chi connectivity index (χ1n) is 10.1. The van der Waals surface area contributed by atoms with E-state index in [9.17, 15) is 4.79 Å². The lowest BCUT2D eigenvalue weighted by Gasteiger charge is -2.34. The molecule has 3 rings (SSSR count). The number of hydrogen-bond acceptors (Lipinski definition) is 7. The maximum absolute atomic E-state index is 12.9. The summed E-state index contributed by atoms with van der Waals surface area (Å²) >= 11 is 1.70. The van der Waals surface area contributed by atoms with Gasteiger partial charge in [0.1, 0.15) is 11.4 Å². The van der Waals surface area contributed by atoms with Gasteiger partial charge in [0.15, 0.2) is 0 Å². The normalized spacial score (nSPS) is 18.5. The molecule has 0 unspecified atom stereocenters. The Morgan fingerprint density at radius 3 is 2.17 bits per heavy atom. The highest BCUT2D eigenvalue weighted by atomic mass is 32.2. The molecule has 166 valence electrons. The maximum atomic E-state index is 12.9. The fourth-order valence-electron chi connectivity index (χ4n) is 3.41. The number of thioether (sulfide) groups is 1. The van der Waals surface area contributed by atoms with Gasteiger partial charge >= 0.3 is 17.9 Å². The Labute approximate surface area is 180 Å². The van der Waals surface area contributed by atoms with E-state index in [4.69, 9.17) is 29.3 Å². The molecule has 1 saturated carbocycles. The van der Waals surface area contributed by atoms with Crippen LogP contribution in [0.4, 0.5) is 0 Å². The third-order valence-electron chi connectivity index (χ3n) is 5.02. The molecule has 0 amide bonds. The molecule has 2 fully saturated rings. The van der Waals surface area contributed by atoms with Crippen LogP contribution in [0.5, 0.6) is 0 Å². The van der Waals surface area contributed by atoms with Crippen LogP contribution in [0.25, 0.3) is 0 Å². The maximum Gasteiger partial charge on any atom is 0.414 e. The van der Waals surface area contributed by atoms with Crippen molar-refractivity contribution in [3.05, 3.63) is 30.3 Å². The smallest absolute Gasteiger partial charge is 0.414 e. The van der Waals surface area contributed by atoms with Crippen LogP contribution in [0, 0.1) is 0 Å². The second kappa shape index (κ2) is 12.6. The molecule has 2 N–H and O–H groups in total. The highest BCUT2D eigenvalue weighted by Gasteiger charge is 2.42. The predicted molar refractivity (Wildman–Crippen MR) is 112 cm³/mol. The Morgan fingerprint density at radius 2 is 1.60 bits per heavy atom. The van der Waals surface area contributed by atoms with Crippen molar-refractivity contribution in [1.82, 2.24) is 4.90 Å². The molecule has 1 aliphatic heterocycles.